The summed E-state index contributed by atoms with van der Waals surface area (Å²) in [5.41, 5.74) is 1.16. The van der Waals surface area contributed by atoms with Gasteiger partial charge >= 0.3 is 10.3 Å². The van der Waals surface area contributed by atoms with Crippen molar-refractivity contribution in [2.24, 2.45) is 5.14 Å². The molecule has 0 aromatic carbocycles. The van der Waals surface area contributed by atoms with E-state index in [0.29, 0.717) is 11.4 Å². The van der Waals surface area contributed by atoms with E-state index in [1.807, 2.05) is 13.8 Å². The lowest BCUT2D eigenvalue weighted by molar-refractivity contribution is 0.478. The third-order valence-corrected chi connectivity index (χ3v) is 2.35. The van der Waals surface area contributed by atoms with Crippen LogP contribution in [-0.4, -0.2) is 18.2 Å². The molecule has 0 saturated heterocycles. The van der Waals surface area contributed by atoms with Crippen LogP contribution in [0.1, 0.15) is 31.3 Å². The Morgan fingerprint density at radius 2 is 1.93 bits per heavy atom. The predicted octanol–water partition coefficient (Wildman–Crippen LogP) is 0.663. The molecule has 7 heteroatoms. The first-order valence-electron chi connectivity index (χ1n) is 4.50. The zero-order valence-electron chi connectivity index (χ0n) is 9.18. The van der Waals surface area contributed by atoms with Crippen LogP contribution in [0.15, 0.2) is 0 Å². The fraction of sp³-hybridized carbons (Fsp3) is 0.625. The van der Waals surface area contributed by atoms with Gasteiger partial charge < -0.3 is 4.18 Å². The van der Waals surface area contributed by atoms with Gasteiger partial charge in [0.05, 0.1) is 5.69 Å². The van der Waals surface area contributed by atoms with E-state index in [9.17, 15) is 8.42 Å². The molecule has 86 valence electrons. The summed E-state index contributed by atoms with van der Waals surface area (Å²) in [6.07, 6.45) is 0. The van der Waals surface area contributed by atoms with Gasteiger partial charge in [0.25, 0.3) is 0 Å². The lowest BCUT2D eigenvalue weighted by Gasteiger charge is -2.08. The molecular formula is C8H15N3O3S. The van der Waals surface area contributed by atoms with Gasteiger partial charge in [-0.25, -0.2) is 0 Å². The van der Waals surface area contributed by atoms with Crippen molar-refractivity contribution in [3.63, 3.8) is 0 Å². The van der Waals surface area contributed by atoms with E-state index in [2.05, 4.69) is 9.28 Å². The maximum absolute atomic E-state index is 10.8. The number of nitrogens with two attached hydrogens (primary N) is 1. The van der Waals surface area contributed by atoms with E-state index >= 15 is 0 Å². The minimum Gasteiger partial charge on any atom is -0.367 e. The molecule has 0 saturated carbocycles. The highest BCUT2D eigenvalue weighted by atomic mass is 32.2. The molecule has 0 aliphatic rings. The van der Waals surface area contributed by atoms with E-state index in [1.54, 1.807) is 18.5 Å². The van der Waals surface area contributed by atoms with Crippen LogP contribution in [0.2, 0.25) is 0 Å². The second-order valence-corrected chi connectivity index (χ2v) is 4.77. The number of aromatic nitrogens is 2. The summed E-state index contributed by atoms with van der Waals surface area (Å²) in [7, 11) is -3.99. The van der Waals surface area contributed by atoms with Crippen LogP contribution in [0.3, 0.4) is 0 Å². The third kappa shape index (κ3) is 2.69. The molecule has 1 aromatic rings. The van der Waals surface area contributed by atoms with Crippen LogP contribution in [0, 0.1) is 13.8 Å². The van der Waals surface area contributed by atoms with Gasteiger partial charge in [-0.3, -0.25) is 4.68 Å². The zero-order chi connectivity index (χ0) is 11.8. The van der Waals surface area contributed by atoms with Crippen LogP contribution in [0.4, 0.5) is 0 Å². The molecule has 1 aromatic heterocycles. The zero-order valence-corrected chi connectivity index (χ0v) is 10.00. The Morgan fingerprint density at radius 1 is 1.40 bits per heavy atom. The van der Waals surface area contributed by atoms with Gasteiger partial charge in [-0.15, -0.1) is 0 Å². The lowest BCUT2D eigenvalue weighted by atomic mass is 10.3. The highest BCUT2D eigenvalue weighted by Gasteiger charge is 2.18. The average molecular weight is 233 g/mol. The Kier molecular flexibility index (Phi) is 3.05. The molecule has 0 fully saturated rings. The highest BCUT2D eigenvalue weighted by molar-refractivity contribution is 7.84. The summed E-state index contributed by atoms with van der Waals surface area (Å²) >= 11 is 0. The molecule has 0 atom stereocenters. The Labute approximate surface area is 89.3 Å². The molecule has 2 N–H and O–H groups in total. The molecule has 0 spiro atoms. The van der Waals surface area contributed by atoms with Crippen molar-refractivity contribution in [1.29, 1.82) is 0 Å². The first-order chi connectivity index (χ1) is 6.72. The molecular weight excluding hydrogens is 218 g/mol. The van der Waals surface area contributed by atoms with Gasteiger partial charge in [-0.05, 0) is 27.7 Å². The minimum atomic E-state index is -3.99. The van der Waals surface area contributed by atoms with E-state index in [4.69, 9.17) is 5.14 Å². The van der Waals surface area contributed by atoms with Crippen molar-refractivity contribution >= 4 is 10.3 Å². The quantitative estimate of drug-likeness (QED) is 0.830. The van der Waals surface area contributed by atoms with Gasteiger partial charge in [0.1, 0.15) is 5.69 Å². The molecule has 6 nitrogen and oxygen atoms in total. The van der Waals surface area contributed by atoms with E-state index < -0.39 is 10.3 Å². The summed E-state index contributed by atoms with van der Waals surface area (Å²) in [5.74, 6) is 0.214. The average Bonchev–Trinajstić information content (AvgIpc) is 2.29. The molecule has 0 amide bonds. The smallest absolute Gasteiger partial charge is 0.367 e. The van der Waals surface area contributed by atoms with E-state index in [0.717, 1.165) is 0 Å². The fourth-order valence-corrected chi connectivity index (χ4v) is 1.86. The second-order valence-electron chi connectivity index (χ2n) is 3.61. The van der Waals surface area contributed by atoms with Crippen molar-refractivity contribution in [2.75, 3.05) is 0 Å². The Hall–Kier alpha value is -1.08. The van der Waals surface area contributed by atoms with Crippen molar-refractivity contribution in [2.45, 2.75) is 33.7 Å². The van der Waals surface area contributed by atoms with Crippen LogP contribution in [-0.2, 0) is 10.3 Å². The normalized spacial score (nSPS) is 12.1. The summed E-state index contributed by atoms with van der Waals surface area (Å²) in [4.78, 5) is 0. The monoisotopic (exact) mass is 233 g/mol. The van der Waals surface area contributed by atoms with Crippen molar-refractivity contribution in [3.8, 4) is 5.75 Å². The minimum absolute atomic E-state index is 0.140. The fourth-order valence-electron chi connectivity index (χ4n) is 1.39. The molecule has 0 aliphatic heterocycles. The molecule has 1 heterocycles. The van der Waals surface area contributed by atoms with Gasteiger partial charge in [-0.1, -0.05) is 0 Å². The number of aryl methyl sites for hydroxylation is 1. The maximum atomic E-state index is 10.8. The highest BCUT2D eigenvalue weighted by Crippen LogP contribution is 2.25. The molecule has 1 rings (SSSR count). The number of hydrogen-bond acceptors (Lipinski definition) is 4. The molecule has 0 unspecified atom stereocenters. The van der Waals surface area contributed by atoms with Crippen LogP contribution < -0.4 is 9.32 Å². The SMILES string of the molecule is Cc1nn(C(C)C)c(C)c1OS(N)(=O)=O. The van der Waals surface area contributed by atoms with Crippen molar-refractivity contribution in [3.05, 3.63) is 11.4 Å². The molecule has 15 heavy (non-hydrogen) atoms. The Bertz CT molecular complexity index is 462. The third-order valence-electron chi connectivity index (χ3n) is 1.95. The summed E-state index contributed by atoms with van der Waals surface area (Å²) < 4.78 is 28.0. The largest absolute Gasteiger partial charge is 0.380 e. The number of hydrogen-bond donors (Lipinski definition) is 1. The predicted molar refractivity (Wildman–Crippen MR) is 55.8 cm³/mol. The van der Waals surface area contributed by atoms with E-state index in [-0.39, 0.29) is 11.8 Å². The van der Waals surface area contributed by atoms with Gasteiger partial charge in [0.15, 0.2) is 5.75 Å². The van der Waals surface area contributed by atoms with Crippen LogP contribution in [0.25, 0.3) is 0 Å². The van der Waals surface area contributed by atoms with Gasteiger partial charge in [0, 0.05) is 6.04 Å². The first kappa shape index (κ1) is 12.0. The number of rotatable bonds is 3. The summed E-state index contributed by atoms with van der Waals surface area (Å²) in [5, 5.41) is 8.97. The Balaban J connectivity index is 3.20. The van der Waals surface area contributed by atoms with Gasteiger partial charge in [-0.2, -0.15) is 18.7 Å². The van der Waals surface area contributed by atoms with Crippen molar-refractivity contribution in [1.82, 2.24) is 9.78 Å². The molecule has 0 aliphatic carbocycles. The number of nitrogens with zero attached hydrogens (tertiary/aromatic N) is 2. The molecule has 0 bridgehead atoms. The lowest BCUT2D eigenvalue weighted by Crippen LogP contribution is -2.19. The second kappa shape index (κ2) is 3.82. The first-order valence-corrected chi connectivity index (χ1v) is 5.97. The maximum Gasteiger partial charge on any atom is 0.380 e. The summed E-state index contributed by atoms with van der Waals surface area (Å²) in [6.45, 7) is 7.30. The van der Waals surface area contributed by atoms with Crippen LogP contribution in [0.5, 0.6) is 5.75 Å². The van der Waals surface area contributed by atoms with Crippen LogP contribution >= 0.6 is 0 Å². The van der Waals surface area contributed by atoms with E-state index in [1.165, 1.54) is 0 Å². The van der Waals surface area contributed by atoms with Crippen molar-refractivity contribution < 1.29 is 12.6 Å². The summed E-state index contributed by atoms with van der Waals surface area (Å²) in [6, 6.07) is 0.140. The topological polar surface area (TPSA) is 87.2 Å². The molecule has 0 radical (unpaired) electrons. The Morgan fingerprint density at radius 3 is 2.27 bits per heavy atom. The standard InChI is InChI=1S/C8H15N3O3S/c1-5(2)11-7(4)8(6(3)10-11)14-15(9,12)13/h5H,1-4H3,(H2,9,12,13). The van der Waals surface area contributed by atoms with Gasteiger partial charge in [0.2, 0.25) is 0 Å².